The lowest BCUT2D eigenvalue weighted by atomic mass is 10.0. The highest BCUT2D eigenvalue weighted by atomic mass is 35.5. The number of amides is 1. The molecule has 0 aliphatic carbocycles. The van der Waals surface area contributed by atoms with Gasteiger partial charge in [-0.2, -0.15) is 4.98 Å². The van der Waals surface area contributed by atoms with E-state index in [1.54, 1.807) is 24.3 Å². The summed E-state index contributed by atoms with van der Waals surface area (Å²) < 4.78 is 31.0. The first-order valence-electron chi connectivity index (χ1n) is 9.65. The Bertz CT molecular complexity index is 1290. The number of carbonyl (C=O) groups is 1. The number of nitrogens with two attached hydrogens (primary N) is 1. The Hall–Kier alpha value is -3.56. The molecule has 0 aliphatic rings. The van der Waals surface area contributed by atoms with Gasteiger partial charge in [-0.3, -0.25) is 4.79 Å². The van der Waals surface area contributed by atoms with Crippen molar-refractivity contribution in [3.8, 4) is 11.1 Å². The standard InChI is InChI=1S/C22H18ClF2N5O2/c23-14-3-1-12(2-4-14)17(31)7-9-27-21(32)15-5-6-16(24)19(20(15)25)13-8-10-30-18(11-13)28-22(26)29-30/h1-6,8,10-11,17,31H,7,9H2,(H2,26,29)(H,27,32). The molecule has 1 amide bonds. The number of carbonyl (C=O) groups excluding carboxylic acids is 1. The number of aliphatic hydroxyl groups is 1. The Kier molecular flexibility index (Phi) is 6.02. The van der Waals surface area contributed by atoms with Crippen LogP contribution in [0.25, 0.3) is 16.8 Å². The van der Waals surface area contributed by atoms with E-state index in [0.29, 0.717) is 16.2 Å². The van der Waals surface area contributed by atoms with Crippen molar-refractivity contribution in [2.45, 2.75) is 12.5 Å². The molecule has 0 fully saturated rings. The molecule has 2 aromatic carbocycles. The zero-order chi connectivity index (χ0) is 22.8. The van der Waals surface area contributed by atoms with Gasteiger partial charge in [0.05, 0.1) is 17.2 Å². The van der Waals surface area contributed by atoms with Crippen LogP contribution < -0.4 is 11.1 Å². The van der Waals surface area contributed by atoms with E-state index in [-0.39, 0.29) is 35.6 Å². The van der Waals surface area contributed by atoms with Crippen molar-refractivity contribution in [3.63, 3.8) is 0 Å². The summed E-state index contributed by atoms with van der Waals surface area (Å²) >= 11 is 5.83. The molecule has 0 aliphatic heterocycles. The smallest absolute Gasteiger partial charge is 0.254 e. The van der Waals surface area contributed by atoms with Crippen molar-refractivity contribution in [2.24, 2.45) is 0 Å². The van der Waals surface area contributed by atoms with Crippen LogP contribution in [0.2, 0.25) is 5.02 Å². The predicted octanol–water partition coefficient (Wildman–Crippen LogP) is 3.76. The topological polar surface area (TPSA) is 106 Å². The van der Waals surface area contributed by atoms with Gasteiger partial charge in [0.15, 0.2) is 5.65 Å². The summed E-state index contributed by atoms with van der Waals surface area (Å²) in [6.45, 7) is 0.0831. The van der Waals surface area contributed by atoms with Gasteiger partial charge >= 0.3 is 0 Å². The Morgan fingerprint density at radius 1 is 1.19 bits per heavy atom. The minimum absolute atomic E-state index is 0.0250. The largest absolute Gasteiger partial charge is 0.388 e. The van der Waals surface area contributed by atoms with Crippen molar-refractivity contribution in [2.75, 3.05) is 12.3 Å². The van der Waals surface area contributed by atoms with Gasteiger partial charge in [-0.1, -0.05) is 23.7 Å². The highest BCUT2D eigenvalue weighted by molar-refractivity contribution is 6.30. The lowest BCUT2D eigenvalue weighted by Crippen LogP contribution is -2.26. The number of nitrogens with one attached hydrogen (secondary N) is 1. The zero-order valence-corrected chi connectivity index (χ0v) is 17.4. The van der Waals surface area contributed by atoms with E-state index in [0.717, 1.165) is 12.1 Å². The van der Waals surface area contributed by atoms with Crippen molar-refractivity contribution in [1.29, 1.82) is 0 Å². The van der Waals surface area contributed by atoms with Crippen LogP contribution in [0.3, 0.4) is 0 Å². The fourth-order valence-electron chi connectivity index (χ4n) is 3.32. The Morgan fingerprint density at radius 2 is 1.94 bits per heavy atom. The first kappa shape index (κ1) is 21.7. The van der Waals surface area contributed by atoms with Gasteiger partial charge < -0.3 is 16.2 Å². The molecule has 4 rings (SSSR count). The Labute approximate surface area is 186 Å². The number of aliphatic hydroxyl groups excluding tert-OH is 1. The number of anilines is 1. The summed E-state index contributed by atoms with van der Waals surface area (Å²) in [7, 11) is 0. The predicted molar refractivity (Wildman–Crippen MR) is 116 cm³/mol. The van der Waals surface area contributed by atoms with Crippen LogP contribution in [0.1, 0.15) is 28.4 Å². The van der Waals surface area contributed by atoms with E-state index >= 15 is 4.39 Å². The molecule has 1 atom stereocenters. The number of fused-ring (bicyclic) bond motifs is 1. The molecule has 0 bridgehead atoms. The van der Waals surface area contributed by atoms with Gasteiger partial charge in [0, 0.05) is 17.8 Å². The van der Waals surface area contributed by atoms with Crippen LogP contribution in [-0.2, 0) is 0 Å². The number of benzene rings is 2. The Morgan fingerprint density at radius 3 is 2.69 bits per heavy atom. The van der Waals surface area contributed by atoms with Crippen molar-refractivity contribution >= 4 is 29.1 Å². The SMILES string of the molecule is Nc1nc2cc(-c3c(F)ccc(C(=O)NCCC(O)c4ccc(Cl)cc4)c3F)ccn2n1. The molecule has 1 unspecified atom stereocenters. The maximum absolute atomic E-state index is 15.1. The summed E-state index contributed by atoms with van der Waals surface area (Å²) in [5, 5.41) is 17.2. The molecule has 164 valence electrons. The third kappa shape index (κ3) is 4.39. The monoisotopic (exact) mass is 457 g/mol. The summed E-state index contributed by atoms with van der Waals surface area (Å²) in [5.74, 6) is -2.52. The van der Waals surface area contributed by atoms with Crippen LogP contribution in [0.15, 0.2) is 54.7 Å². The molecule has 4 aromatic rings. The van der Waals surface area contributed by atoms with Crippen LogP contribution in [-0.4, -0.2) is 32.2 Å². The first-order valence-corrected chi connectivity index (χ1v) is 10.0. The van der Waals surface area contributed by atoms with Gasteiger partial charge in [0.2, 0.25) is 5.95 Å². The second-order valence-electron chi connectivity index (χ2n) is 7.08. The number of nitrogen functional groups attached to an aromatic ring is 1. The second kappa shape index (κ2) is 8.89. The average molecular weight is 458 g/mol. The fourth-order valence-corrected chi connectivity index (χ4v) is 3.44. The van der Waals surface area contributed by atoms with Gasteiger partial charge in [-0.05, 0) is 53.9 Å². The van der Waals surface area contributed by atoms with Crippen molar-refractivity contribution in [3.05, 3.63) is 82.5 Å². The van der Waals surface area contributed by atoms with E-state index in [1.807, 2.05) is 0 Å². The van der Waals surface area contributed by atoms with Gasteiger partial charge in [0.25, 0.3) is 5.91 Å². The average Bonchev–Trinajstić information content (AvgIpc) is 3.13. The number of halogens is 3. The van der Waals surface area contributed by atoms with Gasteiger partial charge in [-0.25, -0.2) is 13.3 Å². The third-order valence-corrected chi connectivity index (χ3v) is 5.19. The van der Waals surface area contributed by atoms with E-state index in [1.165, 1.54) is 22.8 Å². The molecular formula is C22H18ClF2N5O2. The van der Waals surface area contributed by atoms with E-state index in [2.05, 4.69) is 15.4 Å². The normalized spacial score (nSPS) is 12.1. The molecule has 10 heteroatoms. The lowest BCUT2D eigenvalue weighted by Gasteiger charge is -2.13. The van der Waals surface area contributed by atoms with Crippen LogP contribution in [0.5, 0.6) is 0 Å². The molecule has 0 saturated heterocycles. The number of aromatic nitrogens is 3. The zero-order valence-electron chi connectivity index (χ0n) is 16.6. The molecule has 4 N–H and O–H groups in total. The number of hydrogen-bond acceptors (Lipinski definition) is 5. The molecular weight excluding hydrogens is 440 g/mol. The highest BCUT2D eigenvalue weighted by Crippen LogP contribution is 2.29. The van der Waals surface area contributed by atoms with E-state index in [4.69, 9.17) is 17.3 Å². The minimum Gasteiger partial charge on any atom is -0.388 e. The number of nitrogens with zero attached hydrogens (tertiary/aromatic N) is 3. The molecule has 0 radical (unpaired) electrons. The van der Waals surface area contributed by atoms with E-state index < -0.39 is 23.6 Å². The quantitative estimate of drug-likeness (QED) is 0.409. The lowest BCUT2D eigenvalue weighted by molar-refractivity contribution is 0.0938. The highest BCUT2D eigenvalue weighted by Gasteiger charge is 2.21. The molecule has 32 heavy (non-hydrogen) atoms. The molecule has 0 saturated carbocycles. The summed E-state index contributed by atoms with van der Waals surface area (Å²) in [6.07, 6.45) is 0.842. The maximum Gasteiger partial charge on any atom is 0.254 e. The van der Waals surface area contributed by atoms with Gasteiger partial charge in [-0.15, -0.1) is 5.10 Å². The third-order valence-electron chi connectivity index (χ3n) is 4.94. The van der Waals surface area contributed by atoms with E-state index in [9.17, 15) is 14.3 Å². The van der Waals surface area contributed by atoms with Crippen LogP contribution >= 0.6 is 11.6 Å². The summed E-state index contributed by atoms with van der Waals surface area (Å²) in [5.41, 5.74) is 6.01. The Balaban J connectivity index is 1.51. The number of hydrogen-bond donors (Lipinski definition) is 3. The summed E-state index contributed by atoms with van der Waals surface area (Å²) in [6, 6.07) is 11.6. The molecule has 0 spiro atoms. The van der Waals surface area contributed by atoms with Crippen LogP contribution in [0, 0.1) is 11.6 Å². The number of rotatable bonds is 6. The second-order valence-corrected chi connectivity index (χ2v) is 7.52. The molecule has 2 heterocycles. The fraction of sp³-hybridized carbons (Fsp3) is 0.136. The number of pyridine rings is 1. The minimum atomic E-state index is -1.00. The molecule has 7 nitrogen and oxygen atoms in total. The molecule has 2 aromatic heterocycles. The van der Waals surface area contributed by atoms with Gasteiger partial charge in [0.1, 0.15) is 11.6 Å². The first-order chi connectivity index (χ1) is 15.3. The van der Waals surface area contributed by atoms with Crippen LogP contribution in [0.4, 0.5) is 14.7 Å². The van der Waals surface area contributed by atoms with Crippen molar-refractivity contribution < 1.29 is 18.7 Å². The summed E-state index contributed by atoms with van der Waals surface area (Å²) in [4.78, 5) is 16.5. The van der Waals surface area contributed by atoms with Crippen molar-refractivity contribution in [1.82, 2.24) is 19.9 Å². The maximum atomic E-state index is 15.1.